The Balaban J connectivity index is 2.27. The molecule has 1 aromatic heterocycles. The second kappa shape index (κ2) is 6.07. The average Bonchev–Trinajstić information content (AvgIpc) is 2.37. The van der Waals surface area contributed by atoms with E-state index in [9.17, 15) is 4.79 Å². The zero-order valence-corrected chi connectivity index (χ0v) is 12.2. The van der Waals surface area contributed by atoms with Crippen LogP contribution in [0.1, 0.15) is 21.5 Å². The molecule has 0 aliphatic rings. The Bertz CT molecular complexity index is 641. The van der Waals surface area contributed by atoms with E-state index in [0.717, 1.165) is 11.1 Å². The predicted octanol–water partition coefficient (Wildman–Crippen LogP) is 2.80. The number of rotatable bonds is 4. The second-order valence-electron chi connectivity index (χ2n) is 4.15. The fourth-order valence-electron chi connectivity index (χ4n) is 1.74. The number of amides is 1. The Morgan fingerprint density at radius 2 is 2.15 bits per heavy atom. The highest BCUT2D eigenvalue weighted by Crippen LogP contribution is 2.21. The van der Waals surface area contributed by atoms with Crippen LogP contribution >= 0.6 is 23.2 Å². The van der Waals surface area contributed by atoms with E-state index >= 15 is 0 Å². The molecule has 0 radical (unpaired) electrons. The van der Waals surface area contributed by atoms with Gasteiger partial charge in [-0.25, -0.2) is 4.98 Å². The van der Waals surface area contributed by atoms with E-state index in [1.54, 1.807) is 6.07 Å². The average molecular weight is 311 g/mol. The van der Waals surface area contributed by atoms with Crippen LogP contribution in [0.2, 0.25) is 10.3 Å². The number of aryl methyl sites for hydroxylation is 1. The highest BCUT2D eigenvalue weighted by atomic mass is 35.5. The van der Waals surface area contributed by atoms with Gasteiger partial charge in [0, 0.05) is 17.8 Å². The van der Waals surface area contributed by atoms with Crippen molar-refractivity contribution >= 4 is 34.9 Å². The zero-order valence-electron chi connectivity index (χ0n) is 10.7. The zero-order chi connectivity index (χ0) is 14.7. The molecule has 0 unspecified atom stereocenters. The van der Waals surface area contributed by atoms with Crippen LogP contribution in [-0.4, -0.2) is 15.9 Å². The van der Waals surface area contributed by atoms with Crippen molar-refractivity contribution in [2.45, 2.75) is 13.5 Å². The lowest BCUT2D eigenvalue weighted by Crippen LogP contribution is -2.16. The van der Waals surface area contributed by atoms with Crippen molar-refractivity contribution in [2.24, 2.45) is 5.73 Å². The van der Waals surface area contributed by atoms with E-state index in [0.29, 0.717) is 11.6 Å². The second-order valence-corrected chi connectivity index (χ2v) is 4.90. The first-order chi connectivity index (χ1) is 9.49. The predicted molar refractivity (Wildman–Crippen MR) is 79.1 cm³/mol. The van der Waals surface area contributed by atoms with Gasteiger partial charge in [0.05, 0.1) is 5.56 Å². The minimum atomic E-state index is -0.625. The molecule has 0 aliphatic heterocycles. The van der Waals surface area contributed by atoms with Crippen LogP contribution < -0.4 is 11.1 Å². The summed E-state index contributed by atoms with van der Waals surface area (Å²) in [5.74, 6) is -0.336. The maximum Gasteiger partial charge on any atom is 0.254 e. The summed E-state index contributed by atoms with van der Waals surface area (Å²) < 4.78 is 0. The molecular weight excluding hydrogens is 299 g/mol. The molecule has 0 aliphatic carbocycles. The molecule has 104 valence electrons. The molecule has 1 amide bonds. The summed E-state index contributed by atoms with van der Waals surface area (Å²) in [5, 5.41) is 3.69. The Kier molecular flexibility index (Phi) is 4.42. The van der Waals surface area contributed by atoms with Crippen LogP contribution in [0.5, 0.6) is 0 Å². The summed E-state index contributed by atoms with van der Waals surface area (Å²) in [4.78, 5) is 19.0. The molecule has 2 rings (SSSR count). The number of hydrogen-bond acceptors (Lipinski definition) is 4. The summed E-state index contributed by atoms with van der Waals surface area (Å²) in [6, 6.07) is 5.62. The first-order valence-corrected chi connectivity index (χ1v) is 6.55. The molecule has 0 saturated heterocycles. The van der Waals surface area contributed by atoms with Gasteiger partial charge in [0.25, 0.3) is 5.91 Å². The monoisotopic (exact) mass is 310 g/mol. The number of carbonyl (C=O) groups is 1. The molecule has 0 fully saturated rings. The van der Waals surface area contributed by atoms with Crippen LogP contribution in [-0.2, 0) is 6.54 Å². The lowest BCUT2D eigenvalue weighted by atomic mass is 10.1. The Morgan fingerprint density at radius 3 is 2.80 bits per heavy atom. The third kappa shape index (κ3) is 3.18. The van der Waals surface area contributed by atoms with E-state index in [1.165, 1.54) is 6.20 Å². The van der Waals surface area contributed by atoms with Gasteiger partial charge in [-0.1, -0.05) is 23.7 Å². The molecule has 5 nitrogen and oxygen atoms in total. The van der Waals surface area contributed by atoms with E-state index < -0.39 is 5.91 Å². The SMILES string of the molecule is Cc1cccc(Cl)c1CNc1nc(Cl)ncc1C(N)=O. The van der Waals surface area contributed by atoms with Gasteiger partial charge >= 0.3 is 0 Å². The van der Waals surface area contributed by atoms with Gasteiger partial charge in [-0.2, -0.15) is 4.98 Å². The van der Waals surface area contributed by atoms with Gasteiger partial charge in [0.1, 0.15) is 5.82 Å². The van der Waals surface area contributed by atoms with Crippen LogP contribution in [0, 0.1) is 6.92 Å². The fourth-order valence-corrected chi connectivity index (χ4v) is 2.16. The lowest BCUT2D eigenvalue weighted by Gasteiger charge is -2.12. The van der Waals surface area contributed by atoms with Gasteiger partial charge < -0.3 is 11.1 Å². The smallest absolute Gasteiger partial charge is 0.254 e. The Labute approximate surface area is 126 Å². The number of halogens is 2. The van der Waals surface area contributed by atoms with Gasteiger partial charge in [-0.05, 0) is 35.7 Å². The van der Waals surface area contributed by atoms with Crippen molar-refractivity contribution in [3.05, 3.63) is 51.4 Å². The summed E-state index contributed by atoms with van der Waals surface area (Å²) in [7, 11) is 0. The van der Waals surface area contributed by atoms with Crippen LogP contribution in [0.4, 0.5) is 5.82 Å². The van der Waals surface area contributed by atoms with Crippen molar-refractivity contribution in [3.8, 4) is 0 Å². The first kappa shape index (κ1) is 14.6. The molecule has 0 saturated carbocycles. The number of nitrogens with zero attached hydrogens (tertiary/aromatic N) is 2. The number of hydrogen-bond donors (Lipinski definition) is 2. The third-order valence-corrected chi connectivity index (χ3v) is 3.35. The Morgan fingerprint density at radius 1 is 1.40 bits per heavy atom. The summed E-state index contributed by atoms with van der Waals surface area (Å²) >= 11 is 11.9. The number of carbonyl (C=O) groups excluding carboxylic acids is 1. The van der Waals surface area contributed by atoms with Crippen LogP contribution in [0.3, 0.4) is 0 Å². The standard InChI is InChI=1S/C13H12Cl2N4O/c1-7-3-2-4-10(14)8(7)5-17-12-9(11(16)20)6-18-13(15)19-12/h2-4,6H,5H2,1H3,(H2,16,20)(H,17,18,19). The fraction of sp³-hybridized carbons (Fsp3) is 0.154. The highest BCUT2D eigenvalue weighted by molar-refractivity contribution is 6.31. The number of primary amides is 1. The van der Waals surface area contributed by atoms with Gasteiger partial charge in [0.2, 0.25) is 5.28 Å². The van der Waals surface area contributed by atoms with Crippen molar-refractivity contribution in [3.63, 3.8) is 0 Å². The molecule has 0 bridgehead atoms. The maximum atomic E-state index is 11.3. The van der Waals surface area contributed by atoms with E-state index in [2.05, 4.69) is 15.3 Å². The van der Waals surface area contributed by atoms with Crippen molar-refractivity contribution in [2.75, 3.05) is 5.32 Å². The van der Waals surface area contributed by atoms with Crippen molar-refractivity contribution < 1.29 is 4.79 Å². The quantitative estimate of drug-likeness (QED) is 0.851. The van der Waals surface area contributed by atoms with Gasteiger partial charge in [-0.3, -0.25) is 4.79 Å². The van der Waals surface area contributed by atoms with Crippen LogP contribution in [0.15, 0.2) is 24.4 Å². The number of aromatic nitrogens is 2. The van der Waals surface area contributed by atoms with E-state index in [-0.39, 0.29) is 16.7 Å². The van der Waals surface area contributed by atoms with Crippen molar-refractivity contribution in [1.82, 2.24) is 9.97 Å². The minimum absolute atomic E-state index is 0.0355. The normalized spacial score (nSPS) is 10.3. The van der Waals surface area contributed by atoms with Gasteiger partial charge in [0.15, 0.2) is 0 Å². The molecule has 20 heavy (non-hydrogen) atoms. The minimum Gasteiger partial charge on any atom is -0.365 e. The highest BCUT2D eigenvalue weighted by Gasteiger charge is 2.12. The first-order valence-electron chi connectivity index (χ1n) is 5.79. The number of benzene rings is 1. The number of anilines is 1. The number of nitrogens with two attached hydrogens (primary N) is 1. The van der Waals surface area contributed by atoms with Crippen molar-refractivity contribution in [1.29, 1.82) is 0 Å². The van der Waals surface area contributed by atoms with Crippen LogP contribution in [0.25, 0.3) is 0 Å². The lowest BCUT2D eigenvalue weighted by molar-refractivity contribution is 0.100. The third-order valence-electron chi connectivity index (χ3n) is 2.81. The topological polar surface area (TPSA) is 80.9 Å². The molecule has 0 spiro atoms. The van der Waals surface area contributed by atoms with Gasteiger partial charge in [-0.15, -0.1) is 0 Å². The molecule has 2 aromatic rings. The summed E-state index contributed by atoms with van der Waals surface area (Å²) in [6.45, 7) is 2.35. The maximum absolute atomic E-state index is 11.3. The summed E-state index contributed by atoms with van der Waals surface area (Å²) in [5.41, 5.74) is 7.39. The molecule has 1 heterocycles. The molecule has 7 heteroatoms. The van der Waals surface area contributed by atoms with E-state index in [4.69, 9.17) is 28.9 Å². The Hall–Kier alpha value is -1.85. The molecule has 3 N–H and O–H groups in total. The number of nitrogens with one attached hydrogen (secondary N) is 1. The molecule has 1 aromatic carbocycles. The summed E-state index contributed by atoms with van der Waals surface area (Å²) in [6.07, 6.45) is 1.29. The van der Waals surface area contributed by atoms with E-state index in [1.807, 2.05) is 19.1 Å². The largest absolute Gasteiger partial charge is 0.365 e. The molecular formula is C13H12Cl2N4O. The molecule has 0 atom stereocenters.